The Kier molecular flexibility index (Phi) is 5.16. The van der Waals surface area contributed by atoms with Crippen LogP contribution in [0.3, 0.4) is 0 Å². The maximum atomic E-state index is 12.4. The number of benzene rings is 2. The molecule has 4 nitrogen and oxygen atoms in total. The van der Waals surface area contributed by atoms with E-state index >= 15 is 0 Å². The monoisotopic (exact) mass is 401 g/mol. The van der Waals surface area contributed by atoms with Gasteiger partial charge in [-0.25, -0.2) is 9.97 Å². The third kappa shape index (κ3) is 3.94. The quantitative estimate of drug-likeness (QED) is 0.502. The van der Waals surface area contributed by atoms with Crippen molar-refractivity contribution in [1.82, 2.24) is 9.97 Å². The standard InChI is InChI=1S/C18H16BrN3OS/c1-11(17(23)22-14-9-7-13(19)8-10-14)24-18-15-5-3-4-6-16(15)20-12(2)21-18/h3-11H,1-2H3,(H,22,23). The predicted octanol–water partition coefficient (Wildman–Crippen LogP) is 4.82. The zero-order valence-electron chi connectivity index (χ0n) is 13.3. The van der Waals surface area contributed by atoms with Gasteiger partial charge in [-0.2, -0.15) is 0 Å². The molecule has 0 aliphatic rings. The fraction of sp³-hybridized carbons (Fsp3) is 0.167. The lowest BCUT2D eigenvalue weighted by atomic mass is 10.2. The Balaban J connectivity index is 1.78. The molecule has 0 radical (unpaired) electrons. The number of anilines is 1. The van der Waals surface area contributed by atoms with Crippen molar-refractivity contribution in [3.05, 3.63) is 58.8 Å². The van der Waals surface area contributed by atoms with E-state index in [0.29, 0.717) is 5.82 Å². The topological polar surface area (TPSA) is 54.9 Å². The number of hydrogen-bond donors (Lipinski definition) is 1. The highest BCUT2D eigenvalue weighted by molar-refractivity contribution is 9.10. The molecule has 0 fully saturated rings. The van der Waals surface area contributed by atoms with Crippen molar-refractivity contribution in [2.75, 3.05) is 5.32 Å². The SMILES string of the molecule is Cc1nc(SC(C)C(=O)Nc2ccc(Br)cc2)c2ccccc2n1. The molecule has 0 aliphatic carbocycles. The predicted molar refractivity (Wildman–Crippen MR) is 102 cm³/mol. The van der Waals surface area contributed by atoms with Crippen molar-refractivity contribution in [2.45, 2.75) is 24.1 Å². The Hall–Kier alpha value is -1.92. The van der Waals surface area contributed by atoms with Crippen molar-refractivity contribution < 1.29 is 4.79 Å². The lowest BCUT2D eigenvalue weighted by molar-refractivity contribution is -0.115. The number of carbonyl (C=O) groups is 1. The summed E-state index contributed by atoms with van der Waals surface area (Å²) in [6.07, 6.45) is 0. The van der Waals surface area contributed by atoms with Crippen molar-refractivity contribution >= 4 is 50.2 Å². The zero-order chi connectivity index (χ0) is 17.1. The Morgan fingerprint density at radius 3 is 2.58 bits per heavy atom. The van der Waals surface area contributed by atoms with Crippen LogP contribution in [0.1, 0.15) is 12.7 Å². The molecule has 3 aromatic rings. The average Bonchev–Trinajstić information content (AvgIpc) is 2.56. The minimum absolute atomic E-state index is 0.0531. The van der Waals surface area contributed by atoms with Crippen LogP contribution in [0, 0.1) is 6.92 Å². The van der Waals surface area contributed by atoms with Crippen LogP contribution in [0.2, 0.25) is 0 Å². The number of aromatic nitrogens is 2. The number of para-hydroxylation sites is 1. The summed E-state index contributed by atoms with van der Waals surface area (Å²) < 4.78 is 0.978. The van der Waals surface area contributed by atoms with Crippen LogP contribution in [-0.2, 0) is 4.79 Å². The number of rotatable bonds is 4. The molecule has 1 atom stereocenters. The molecule has 1 N–H and O–H groups in total. The minimum atomic E-state index is -0.272. The smallest absolute Gasteiger partial charge is 0.237 e. The lowest BCUT2D eigenvalue weighted by Crippen LogP contribution is -2.22. The second-order valence-corrected chi connectivity index (χ2v) is 7.59. The molecule has 1 amide bonds. The van der Waals surface area contributed by atoms with Gasteiger partial charge >= 0.3 is 0 Å². The summed E-state index contributed by atoms with van der Waals surface area (Å²) in [5.41, 5.74) is 1.67. The fourth-order valence-corrected chi connectivity index (χ4v) is 3.50. The van der Waals surface area contributed by atoms with Gasteiger partial charge in [0.2, 0.25) is 5.91 Å². The molecule has 1 heterocycles. The van der Waals surface area contributed by atoms with Gasteiger partial charge in [0.05, 0.1) is 10.8 Å². The van der Waals surface area contributed by atoms with E-state index in [0.717, 1.165) is 26.1 Å². The molecule has 24 heavy (non-hydrogen) atoms. The summed E-state index contributed by atoms with van der Waals surface area (Å²) in [5, 5.41) is 4.45. The summed E-state index contributed by atoms with van der Waals surface area (Å²) in [5.74, 6) is 0.652. The number of amides is 1. The number of carbonyl (C=O) groups excluding carboxylic acids is 1. The summed E-state index contributed by atoms with van der Waals surface area (Å²) in [6, 6.07) is 15.4. The van der Waals surface area contributed by atoms with Crippen molar-refractivity contribution in [2.24, 2.45) is 0 Å². The number of aryl methyl sites for hydroxylation is 1. The summed E-state index contributed by atoms with van der Waals surface area (Å²) in [6.45, 7) is 3.74. The molecule has 2 aromatic carbocycles. The molecule has 0 bridgehead atoms. The van der Waals surface area contributed by atoms with Crippen LogP contribution in [-0.4, -0.2) is 21.1 Å². The van der Waals surface area contributed by atoms with Crippen molar-refractivity contribution in [3.8, 4) is 0 Å². The number of halogens is 1. The first-order chi connectivity index (χ1) is 11.5. The Labute approximate surface area is 153 Å². The van der Waals surface area contributed by atoms with Gasteiger partial charge in [-0.1, -0.05) is 45.9 Å². The number of thioether (sulfide) groups is 1. The van der Waals surface area contributed by atoms with Crippen LogP contribution in [0.15, 0.2) is 58.0 Å². The average molecular weight is 402 g/mol. The molecule has 0 spiro atoms. The molecule has 6 heteroatoms. The second-order valence-electron chi connectivity index (χ2n) is 5.35. The van der Waals surface area contributed by atoms with E-state index < -0.39 is 0 Å². The largest absolute Gasteiger partial charge is 0.325 e. The molecule has 0 saturated carbocycles. The minimum Gasteiger partial charge on any atom is -0.325 e. The molecular formula is C18H16BrN3OS. The van der Waals surface area contributed by atoms with E-state index in [1.54, 1.807) is 0 Å². The maximum Gasteiger partial charge on any atom is 0.237 e. The van der Waals surface area contributed by atoms with E-state index in [1.165, 1.54) is 11.8 Å². The summed E-state index contributed by atoms with van der Waals surface area (Å²) >= 11 is 4.83. The second kappa shape index (κ2) is 7.32. The molecule has 0 saturated heterocycles. The van der Waals surface area contributed by atoms with Gasteiger partial charge in [0.15, 0.2) is 0 Å². The first-order valence-electron chi connectivity index (χ1n) is 7.49. The summed E-state index contributed by atoms with van der Waals surface area (Å²) in [7, 11) is 0. The van der Waals surface area contributed by atoms with Crippen LogP contribution in [0.25, 0.3) is 10.9 Å². The molecule has 0 aliphatic heterocycles. The first kappa shape index (κ1) is 16.9. The van der Waals surface area contributed by atoms with E-state index in [4.69, 9.17) is 0 Å². The molecular weight excluding hydrogens is 386 g/mol. The zero-order valence-corrected chi connectivity index (χ0v) is 15.7. The van der Waals surface area contributed by atoms with Gasteiger partial charge in [-0.3, -0.25) is 4.79 Å². The molecule has 122 valence electrons. The lowest BCUT2D eigenvalue weighted by Gasteiger charge is -2.13. The number of nitrogens with zero attached hydrogens (tertiary/aromatic N) is 2. The van der Waals surface area contributed by atoms with E-state index in [9.17, 15) is 4.79 Å². The van der Waals surface area contributed by atoms with Gasteiger partial charge in [0, 0.05) is 15.5 Å². The highest BCUT2D eigenvalue weighted by atomic mass is 79.9. The maximum absolute atomic E-state index is 12.4. The highest BCUT2D eigenvalue weighted by Gasteiger charge is 2.17. The Morgan fingerprint density at radius 2 is 1.83 bits per heavy atom. The third-order valence-electron chi connectivity index (χ3n) is 3.45. The first-order valence-corrected chi connectivity index (χ1v) is 9.16. The van der Waals surface area contributed by atoms with E-state index in [1.807, 2.05) is 62.4 Å². The van der Waals surface area contributed by atoms with Gasteiger partial charge in [-0.15, -0.1) is 0 Å². The molecule has 1 unspecified atom stereocenters. The van der Waals surface area contributed by atoms with Crippen molar-refractivity contribution in [3.63, 3.8) is 0 Å². The van der Waals surface area contributed by atoms with E-state index in [2.05, 4.69) is 31.2 Å². The van der Waals surface area contributed by atoms with Crippen LogP contribution >= 0.6 is 27.7 Å². The van der Waals surface area contributed by atoms with Crippen molar-refractivity contribution in [1.29, 1.82) is 0 Å². The van der Waals surface area contributed by atoms with Gasteiger partial charge in [0.25, 0.3) is 0 Å². The van der Waals surface area contributed by atoms with Crippen LogP contribution in [0.5, 0.6) is 0 Å². The Bertz CT molecular complexity index is 883. The number of nitrogens with one attached hydrogen (secondary N) is 1. The third-order valence-corrected chi connectivity index (χ3v) is 5.08. The van der Waals surface area contributed by atoms with Gasteiger partial charge in [-0.05, 0) is 44.2 Å². The summed E-state index contributed by atoms with van der Waals surface area (Å²) in [4.78, 5) is 21.4. The van der Waals surface area contributed by atoms with Gasteiger partial charge < -0.3 is 5.32 Å². The molecule has 1 aromatic heterocycles. The van der Waals surface area contributed by atoms with Crippen LogP contribution in [0.4, 0.5) is 5.69 Å². The van der Waals surface area contributed by atoms with Crippen LogP contribution < -0.4 is 5.32 Å². The molecule has 3 rings (SSSR count). The normalized spacial score (nSPS) is 12.1. The highest BCUT2D eigenvalue weighted by Crippen LogP contribution is 2.29. The Morgan fingerprint density at radius 1 is 1.12 bits per heavy atom. The number of fused-ring (bicyclic) bond motifs is 1. The number of hydrogen-bond acceptors (Lipinski definition) is 4. The van der Waals surface area contributed by atoms with Gasteiger partial charge in [0.1, 0.15) is 10.9 Å². The fourth-order valence-electron chi connectivity index (χ4n) is 2.25. The van der Waals surface area contributed by atoms with E-state index in [-0.39, 0.29) is 11.2 Å².